The van der Waals surface area contributed by atoms with E-state index in [0.717, 1.165) is 165 Å². The molecule has 4 aliphatic heterocycles. The van der Waals surface area contributed by atoms with Gasteiger partial charge in [-0.25, -0.2) is 8.78 Å². The first-order valence-corrected chi connectivity index (χ1v) is 42.9. The highest BCUT2D eigenvalue weighted by Crippen LogP contribution is 2.35. The fourth-order valence-electron chi connectivity index (χ4n) is 18.6. The number of aromatic amines is 4. The maximum absolute atomic E-state index is 13.5. The smallest absolute Gasteiger partial charge is 0.254 e. The van der Waals surface area contributed by atoms with Crippen LogP contribution in [0.1, 0.15) is 109 Å². The van der Waals surface area contributed by atoms with Gasteiger partial charge in [-0.3, -0.25) is 58.3 Å². The van der Waals surface area contributed by atoms with Crippen molar-refractivity contribution in [3.63, 3.8) is 0 Å². The molecule has 4 saturated heterocycles. The van der Waals surface area contributed by atoms with Crippen LogP contribution in [0.15, 0.2) is 244 Å². The van der Waals surface area contributed by atoms with Crippen molar-refractivity contribution in [3.05, 3.63) is 289 Å². The second kappa shape index (κ2) is 37.2. The maximum atomic E-state index is 13.5. The minimum absolute atomic E-state index is 0.0416. The van der Waals surface area contributed by atoms with Gasteiger partial charge in [0.05, 0.1) is 83.3 Å². The molecule has 0 aliphatic carbocycles. The van der Waals surface area contributed by atoms with Crippen molar-refractivity contribution in [2.24, 2.45) is 23.7 Å². The lowest BCUT2D eigenvalue weighted by molar-refractivity contribution is -0.132. The number of amides is 4. The lowest BCUT2D eigenvalue weighted by Gasteiger charge is -2.21. The standard InChI is InChI=1S/C26H26N6O.C26H29N5O.2C23H22FN5O/c1-18-9-21(16-31(18)26(33)8-5-19-3-2-4-20(10-19)12-27)17-32-25-7-6-22(11-23(25)15-30-32)24-13-28-29-14-24;1-18-4-3-5-20(10-18)6-9-26(32)30-16-21(11-19(30)2)17-31-25-8-7-22(12-23(25)15-29-31)24-13-27-28-14-24;1-15-8-16(13-28(15)23(30)17-2-5-21(24)6-3-17)14-29-22-7-4-18(9-19(22)12-27-29)20-10-25-26-11-20;1-15-7-16(13-28(15)23(30)18-3-2-4-21(24)9-18)14-29-22-6-5-17(8-19(22)12-27-29)20-10-25-26-11-20/h2-4,6-7,10-11,13-15,18,21H,5,8-9,16-17H2,1H3,(H,28,29);3-5,7-8,10,12-15,19,21H,6,9,11,16-17H2,1-2H3,(H,27,28);2-7,9-12,15-16H,8,13-14H2,1H3,(H,25,26);2-6,8-12,15-16H,7,13-14H2,1H3,(H,25,26)/t18-,21?;19-,21?;2*15-,16?/m0000/s1. The average Bonchev–Trinajstić information content (AvgIpc) is 1.66. The van der Waals surface area contributed by atoms with E-state index >= 15 is 0 Å². The fourth-order valence-corrected chi connectivity index (χ4v) is 18.6. The molecule has 4 N–H and O–H groups in total. The molecule has 8 aromatic carbocycles. The number of carbonyl (C=O) groups excluding carboxylic acids is 4. The normalized spacial score (nSPS) is 18.6. The van der Waals surface area contributed by atoms with Crippen LogP contribution in [0.4, 0.5) is 8.78 Å². The van der Waals surface area contributed by atoms with Gasteiger partial charge >= 0.3 is 0 Å². The van der Waals surface area contributed by atoms with Crippen LogP contribution in [0, 0.1) is 53.6 Å². The summed E-state index contributed by atoms with van der Waals surface area (Å²) in [5.74, 6) is 0.989. The van der Waals surface area contributed by atoms with Gasteiger partial charge in [0.1, 0.15) is 11.6 Å². The highest BCUT2D eigenvalue weighted by atomic mass is 19.1. The Hall–Kier alpha value is -14.3. The Morgan fingerprint density at radius 1 is 0.376 bits per heavy atom. The van der Waals surface area contributed by atoms with E-state index in [1.165, 1.54) is 35.4 Å². The van der Waals surface area contributed by atoms with Gasteiger partial charge < -0.3 is 19.6 Å². The third-order valence-electron chi connectivity index (χ3n) is 25.0. The summed E-state index contributed by atoms with van der Waals surface area (Å²) in [6.07, 6.45) is 28.7. The van der Waals surface area contributed by atoms with Crippen LogP contribution < -0.4 is 0 Å². The van der Waals surface area contributed by atoms with E-state index in [1.807, 2.05) is 104 Å². The molecule has 25 nitrogen and oxygen atoms in total. The van der Waals surface area contributed by atoms with Gasteiger partial charge in [-0.1, -0.05) is 72.3 Å². The molecule has 0 radical (unpaired) electrons. The van der Waals surface area contributed by atoms with Gasteiger partial charge in [-0.05, 0) is 233 Å². The summed E-state index contributed by atoms with van der Waals surface area (Å²) in [5.41, 5.74) is 18.1. The van der Waals surface area contributed by atoms with Crippen LogP contribution in [0.25, 0.3) is 88.1 Å². The summed E-state index contributed by atoms with van der Waals surface area (Å²) in [4.78, 5) is 59.4. The number of halogens is 2. The third-order valence-corrected chi connectivity index (χ3v) is 25.0. The lowest BCUT2D eigenvalue weighted by atomic mass is 10.1. The number of aryl methyl sites for hydroxylation is 3. The molecule has 27 heteroatoms. The zero-order valence-corrected chi connectivity index (χ0v) is 70.5. The van der Waals surface area contributed by atoms with Crippen molar-refractivity contribution in [2.75, 3.05) is 26.2 Å². The first-order valence-electron chi connectivity index (χ1n) is 42.9. The molecule has 4 fully saturated rings. The van der Waals surface area contributed by atoms with Crippen molar-refractivity contribution in [1.82, 2.24) is 99.5 Å². The fraction of sp³-hybridized carbons (Fsp3) is 0.296. The SMILES string of the molecule is C[C@H]1CC(Cn2ncc3cc(-c4cn[nH]c4)ccc32)CN1C(=O)CCc1cccc(C#N)c1.C[C@H]1CC(Cn2ncc3cc(-c4cn[nH]c4)ccc32)CN1C(=O)c1ccc(F)cc1.C[C@H]1CC(Cn2ncc3cc(-c4cn[nH]c4)ccc32)CN1C(=O)c1cccc(F)c1.Cc1cccc(CCC(=O)N2CC(Cn3ncc4cc(-c5cn[nH]c5)ccc43)C[C@@H]2C)c1. The lowest BCUT2D eigenvalue weighted by Crippen LogP contribution is -2.34. The number of nitriles is 1. The Labute approximate surface area is 722 Å². The largest absolute Gasteiger partial charge is 0.340 e. The topological polar surface area (TPSA) is 291 Å². The Bertz CT molecular complexity index is 6480. The van der Waals surface area contributed by atoms with Crippen LogP contribution in [0.2, 0.25) is 0 Å². The van der Waals surface area contributed by atoms with Gasteiger partial charge in [0.15, 0.2) is 0 Å². The van der Waals surface area contributed by atoms with Crippen LogP contribution in [-0.4, -0.2) is 173 Å². The van der Waals surface area contributed by atoms with Crippen molar-refractivity contribution >= 4 is 67.2 Å². The summed E-state index contributed by atoms with van der Waals surface area (Å²) in [6.45, 7) is 16.5. The molecular formula is C98H99F2N21O4. The molecule has 8 atom stereocenters. The quantitative estimate of drug-likeness (QED) is 0.0553. The number of aromatic nitrogens is 16. The Balaban J connectivity index is 0.000000118. The van der Waals surface area contributed by atoms with E-state index in [0.29, 0.717) is 72.7 Å². The van der Waals surface area contributed by atoms with Crippen LogP contribution in [-0.2, 0) is 48.6 Å². The van der Waals surface area contributed by atoms with Crippen molar-refractivity contribution in [1.29, 1.82) is 5.26 Å². The summed E-state index contributed by atoms with van der Waals surface area (Å²) in [5, 5.41) is 59.4. The summed E-state index contributed by atoms with van der Waals surface area (Å²) < 4.78 is 34.9. The highest BCUT2D eigenvalue weighted by molar-refractivity contribution is 5.96. The number of H-pyrrole nitrogens is 4. The number of nitrogens with one attached hydrogen (secondary N) is 4. The molecule has 634 valence electrons. The number of rotatable bonds is 20. The molecule has 0 spiro atoms. The molecule has 4 aliphatic rings. The van der Waals surface area contributed by atoms with Gasteiger partial charge in [0.25, 0.3) is 11.8 Å². The molecule has 0 bridgehead atoms. The monoisotopic (exact) mass is 1670 g/mol. The first kappa shape index (κ1) is 83.0. The molecule has 12 heterocycles. The van der Waals surface area contributed by atoms with Crippen LogP contribution >= 0.6 is 0 Å². The van der Waals surface area contributed by atoms with Crippen LogP contribution in [0.5, 0.6) is 0 Å². The number of benzene rings is 8. The minimum atomic E-state index is -0.387. The van der Waals surface area contributed by atoms with E-state index in [1.54, 1.807) is 42.7 Å². The van der Waals surface area contributed by atoms with Crippen molar-refractivity contribution in [3.8, 4) is 50.6 Å². The number of nitrogens with zero attached hydrogens (tertiary/aromatic N) is 17. The zero-order valence-electron chi connectivity index (χ0n) is 70.5. The second-order valence-corrected chi connectivity index (χ2v) is 34.0. The van der Waals surface area contributed by atoms with E-state index < -0.39 is 0 Å². The zero-order chi connectivity index (χ0) is 86.2. The second-order valence-electron chi connectivity index (χ2n) is 34.0. The van der Waals surface area contributed by atoms with Gasteiger partial charge in [0.2, 0.25) is 11.8 Å². The van der Waals surface area contributed by atoms with E-state index in [2.05, 4.69) is 213 Å². The summed E-state index contributed by atoms with van der Waals surface area (Å²) in [6, 6.07) is 55.8. The Morgan fingerprint density at radius 2 is 0.728 bits per heavy atom. The Kier molecular flexibility index (Phi) is 24.7. The number of hydrogen-bond donors (Lipinski definition) is 4. The van der Waals surface area contributed by atoms with Gasteiger partial charge in [0, 0.05) is 169 Å². The predicted molar refractivity (Wildman–Crippen MR) is 477 cm³/mol. The maximum Gasteiger partial charge on any atom is 0.254 e. The van der Waals surface area contributed by atoms with Crippen LogP contribution in [0.3, 0.4) is 0 Å². The Morgan fingerprint density at radius 3 is 1.09 bits per heavy atom. The predicted octanol–water partition coefficient (Wildman–Crippen LogP) is 17.0. The molecular weight excluding hydrogens is 1570 g/mol. The van der Waals surface area contributed by atoms with E-state index in [-0.39, 0.29) is 59.4 Å². The molecule has 8 aromatic heterocycles. The van der Waals surface area contributed by atoms with Gasteiger partial charge in [-0.2, -0.15) is 46.1 Å². The van der Waals surface area contributed by atoms with Crippen molar-refractivity contribution in [2.45, 2.75) is 136 Å². The third kappa shape index (κ3) is 19.2. The molecule has 0 saturated carbocycles. The van der Waals surface area contributed by atoms with E-state index in [4.69, 9.17) is 5.26 Å². The molecule has 4 amide bonds. The number of carbonyl (C=O) groups is 4. The number of likely N-dealkylation sites (tertiary alicyclic amines) is 4. The molecule has 4 unspecified atom stereocenters. The van der Waals surface area contributed by atoms with Gasteiger partial charge in [-0.15, -0.1) is 0 Å². The molecule has 16 aromatic rings. The number of hydrogen-bond acceptors (Lipinski definition) is 13. The number of fused-ring (bicyclic) bond motifs is 4. The average molecular weight is 1670 g/mol. The highest BCUT2D eigenvalue weighted by Gasteiger charge is 2.38. The summed E-state index contributed by atoms with van der Waals surface area (Å²) in [7, 11) is 0. The first-order chi connectivity index (χ1) is 60.8. The molecule has 125 heavy (non-hydrogen) atoms. The molecule has 20 rings (SSSR count). The summed E-state index contributed by atoms with van der Waals surface area (Å²) >= 11 is 0. The van der Waals surface area contributed by atoms with E-state index in [9.17, 15) is 28.0 Å². The van der Waals surface area contributed by atoms with Crippen molar-refractivity contribution < 1.29 is 28.0 Å². The minimum Gasteiger partial charge on any atom is -0.340 e.